The van der Waals surface area contributed by atoms with E-state index in [1.54, 1.807) is 18.2 Å². The number of nitrogens with one attached hydrogen (secondary N) is 1. The van der Waals surface area contributed by atoms with E-state index in [9.17, 15) is 4.79 Å². The molecule has 2 rings (SSSR count). The van der Waals surface area contributed by atoms with Crippen LogP contribution in [0.1, 0.15) is 11.1 Å². The average Bonchev–Trinajstić information content (AvgIpc) is 2.49. The molecule has 2 aromatic carbocycles. The lowest BCUT2D eigenvalue weighted by Gasteiger charge is -2.04. The van der Waals surface area contributed by atoms with Crippen LogP contribution < -0.4 is 5.43 Å². The summed E-state index contributed by atoms with van der Waals surface area (Å²) in [7, 11) is 0. The van der Waals surface area contributed by atoms with Crippen molar-refractivity contribution in [3.8, 4) is 0 Å². The highest BCUT2D eigenvalue weighted by Gasteiger charge is 2.03. The Hall–Kier alpha value is -1.49. The van der Waals surface area contributed by atoms with Crippen LogP contribution in [0.2, 0.25) is 10.0 Å². The Morgan fingerprint density at radius 1 is 1.27 bits per heavy atom. The van der Waals surface area contributed by atoms with Crippen LogP contribution in [0.15, 0.2) is 52.5 Å². The molecule has 0 aliphatic rings. The molecule has 0 unspecified atom stereocenters. The van der Waals surface area contributed by atoms with Crippen LogP contribution in [0.5, 0.6) is 0 Å². The summed E-state index contributed by atoms with van der Waals surface area (Å²) in [6.07, 6.45) is 1.50. The number of hydrazone groups is 1. The minimum Gasteiger partial charge on any atom is -0.272 e. The number of thioether (sulfide) groups is 1. The molecule has 2 aromatic rings. The van der Waals surface area contributed by atoms with E-state index in [4.69, 9.17) is 23.2 Å². The highest BCUT2D eigenvalue weighted by atomic mass is 35.5. The van der Waals surface area contributed by atoms with Gasteiger partial charge in [-0.3, -0.25) is 4.79 Å². The summed E-state index contributed by atoms with van der Waals surface area (Å²) in [4.78, 5) is 12.8. The number of amides is 1. The number of benzene rings is 2. The van der Waals surface area contributed by atoms with E-state index in [0.717, 1.165) is 10.5 Å². The molecule has 0 aromatic heterocycles. The van der Waals surface area contributed by atoms with Crippen LogP contribution in [-0.4, -0.2) is 17.9 Å². The molecule has 0 bridgehead atoms. The number of nitrogens with zero attached hydrogens (tertiary/aromatic N) is 1. The van der Waals surface area contributed by atoms with Gasteiger partial charge in [0, 0.05) is 15.5 Å². The van der Waals surface area contributed by atoms with Crippen molar-refractivity contribution in [2.75, 3.05) is 5.75 Å². The van der Waals surface area contributed by atoms with E-state index in [-0.39, 0.29) is 5.91 Å². The fraction of sp³-hybridized carbons (Fsp3) is 0.125. The van der Waals surface area contributed by atoms with Crippen molar-refractivity contribution in [1.29, 1.82) is 0 Å². The standard InChI is InChI=1S/C16H14Cl2N2OS/c1-11-4-2-3-5-15(11)22-10-16(21)20-19-9-12-6-7-13(17)8-14(12)18/h2-9H,10H2,1H3,(H,20,21). The van der Waals surface area contributed by atoms with Crippen LogP contribution in [0, 0.1) is 6.92 Å². The van der Waals surface area contributed by atoms with Gasteiger partial charge in [0.15, 0.2) is 0 Å². The van der Waals surface area contributed by atoms with Crippen LogP contribution in [-0.2, 0) is 4.79 Å². The van der Waals surface area contributed by atoms with Crippen molar-refractivity contribution in [2.24, 2.45) is 5.10 Å². The average molecular weight is 353 g/mol. The molecular formula is C16H14Cl2N2OS. The Labute approximate surface area is 143 Å². The third-order valence-corrected chi connectivity index (χ3v) is 4.55. The number of hydrogen-bond donors (Lipinski definition) is 1. The fourth-order valence-corrected chi connectivity index (χ4v) is 2.95. The lowest BCUT2D eigenvalue weighted by atomic mass is 10.2. The first-order valence-corrected chi connectivity index (χ1v) is 8.26. The Balaban J connectivity index is 1.85. The van der Waals surface area contributed by atoms with Crippen LogP contribution in [0.3, 0.4) is 0 Å². The predicted molar refractivity (Wildman–Crippen MR) is 94.1 cm³/mol. The molecule has 0 fully saturated rings. The lowest BCUT2D eigenvalue weighted by Crippen LogP contribution is -2.19. The van der Waals surface area contributed by atoms with E-state index < -0.39 is 0 Å². The lowest BCUT2D eigenvalue weighted by molar-refractivity contribution is -0.118. The first-order chi connectivity index (χ1) is 10.6. The maximum absolute atomic E-state index is 11.8. The van der Waals surface area contributed by atoms with E-state index in [1.165, 1.54) is 18.0 Å². The van der Waals surface area contributed by atoms with E-state index >= 15 is 0 Å². The Morgan fingerprint density at radius 3 is 2.77 bits per heavy atom. The highest BCUT2D eigenvalue weighted by Crippen LogP contribution is 2.21. The third-order valence-electron chi connectivity index (χ3n) is 2.81. The summed E-state index contributed by atoms with van der Waals surface area (Å²) >= 11 is 13.3. The van der Waals surface area contributed by atoms with Gasteiger partial charge in [0.2, 0.25) is 5.91 Å². The molecule has 1 amide bonds. The van der Waals surface area contributed by atoms with Gasteiger partial charge in [0.05, 0.1) is 17.0 Å². The smallest absolute Gasteiger partial charge is 0.250 e. The Bertz CT molecular complexity index is 704. The molecule has 0 heterocycles. The van der Waals surface area contributed by atoms with Crippen molar-refractivity contribution in [3.63, 3.8) is 0 Å². The van der Waals surface area contributed by atoms with Gasteiger partial charge in [-0.05, 0) is 30.7 Å². The third kappa shape index (κ3) is 5.05. The molecule has 0 aliphatic heterocycles. The van der Waals surface area contributed by atoms with Crippen molar-refractivity contribution >= 4 is 47.1 Å². The summed E-state index contributed by atoms with van der Waals surface area (Å²) in [5.41, 5.74) is 4.32. The Kier molecular flexibility index (Phi) is 6.31. The number of hydrogen-bond acceptors (Lipinski definition) is 3. The Morgan fingerprint density at radius 2 is 2.05 bits per heavy atom. The van der Waals surface area contributed by atoms with E-state index in [1.807, 2.05) is 31.2 Å². The number of carbonyl (C=O) groups is 1. The van der Waals surface area contributed by atoms with Crippen LogP contribution in [0.25, 0.3) is 0 Å². The normalized spacial score (nSPS) is 10.9. The van der Waals surface area contributed by atoms with Gasteiger partial charge < -0.3 is 0 Å². The van der Waals surface area contributed by atoms with E-state index in [0.29, 0.717) is 21.4 Å². The zero-order valence-corrected chi connectivity index (χ0v) is 14.2. The van der Waals surface area contributed by atoms with Gasteiger partial charge in [-0.15, -0.1) is 11.8 Å². The predicted octanol–water partition coefficient (Wildman–Crippen LogP) is 4.54. The molecule has 114 valence electrons. The van der Waals surface area contributed by atoms with Crippen LogP contribution >= 0.6 is 35.0 Å². The molecule has 0 atom stereocenters. The number of rotatable bonds is 5. The minimum absolute atomic E-state index is 0.172. The molecule has 6 heteroatoms. The molecule has 0 aliphatic carbocycles. The van der Waals surface area contributed by atoms with Gasteiger partial charge in [-0.1, -0.05) is 47.5 Å². The molecule has 0 saturated heterocycles. The summed E-state index contributed by atoms with van der Waals surface area (Å²) < 4.78 is 0. The van der Waals surface area contributed by atoms with E-state index in [2.05, 4.69) is 10.5 Å². The number of halogens is 2. The quantitative estimate of drug-likeness (QED) is 0.487. The SMILES string of the molecule is Cc1ccccc1SCC(=O)NN=Cc1ccc(Cl)cc1Cl. The van der Waals surface area contributed by atoms with Crippen molar-refractivity contribution < 1.29 is 4.79 Å². The molecule has 0 spiro atoms. The first-order valence-electron chi connectivity index (χ1n) is 6.51. The highest BCUT2D eigenvalue weighted by molar-refractivity contribution is 8.00. The second-order valence-electron chi connectivity index (χ2n) is 4.51. The molecule has 0 radical (unpaired) electrons. The number of aryl methyl sites for hydroxylation is 1. The molecular weight excluding hydrogens is 339 g/mol. The van der Waals surface area contributed by atoms with Crippen molar-refractivity contribution in [2.45, 2.75) is 11.8 Å². The van der Waals surface area contributed by atoms with Gasteiger partial charge >= 0.3 is 0 Å². The van der Waals surface area contributed by atoms with Crippen LogP contribution in [0.4, 0.5) is 0 Å². The maximum Gasteiger partial charge on any atom is 0.250 e. The second kappa shape index (κ2) is 8.22. The van der Waals surface area contributed by atoms with Gasteiger partial charge in [0.25, 0.3) is 0 Å². The second-order valence-corrected chi connectivity index (χ2v) is 6.37. The molecule has 0 saturated carbocycles. The summed E-state index contributed by atoms with van der Waals surface area (Å²) in [5, 5.41) is 4.94. The van der Waals surface area contributed by atoms with Gasteiger partial charge in [-0.2, -0.15) is 5.10 Å². The zero-order valence-electron chi connectivity index (χ0n) is 11.8. The summed E-state index contributed by atoms with van der Waals surface area (Å²) in [6, 6.07) is 13.0. The van der Waals surface area contributed by atoms with Crippen molar-refractivity contribution in [3.05, 3.63) is 63.6 Å². The maximum atomic E-state index is 11.8. The van der Waals surface area contributed by atoms with Gasteiger partial charge in [0.1, 0.15) is 0 Å². The van der Waals surface area contributed by atoms with Gasteiger partial charge in [-0.25, -0.2) is 5.43 Å². The molecule has 1 N–H and O–H groups in total. The summed E-state index contributed by atoms with van der Waals surface area (Å²) in [5.74, 6) is 0.130. The number of carbonyl (C=O) groups excluding carboxylic acids is 1. The zero-order chi connectivity index (χ0) is 15.9. The fourth-order valence-electron chi connectivity index (χ4n) is 1.67. The summed E-state index contributed by atoms with van der Waals surface area (Å²) in [6.45, 7) is 2.01. The molecule has 3 nitrogen and oxygen atoms in total. The minimum atomic E-state index is -0.172. The molecule has 22 heavy (non-hydrogen) atoms. The largest absolute Gasteiger partial charge is 0.272 e. The first kappa shape index (κ1) is 16.9. The van der Waals surface area contributed by atoms with Crippen molar-refractivity contribution in [1.82, 2.24) is 5.43 Å². The monoisotopic (exact) mass is 352 g/mol. The topological polar surface area (TPSA) is 41.5 Å².